The first-order chi connectivity index (χ1) is 11.0. The maximum Gasteiger partial charge on any atom is 0.264 e. The third-order valence-corrected chi connectivity index (χ3v) is 6.22. The third kappa shape index (κ3) is 4.01. The van der Waals surface area contributed by atoms with Crippen LogP contribution in [0.2, 0.25) is 4.34 Å². The zero-order chi connectivity index (χ0) is 16.4. The van der Waals surface area contributed by atoms with Crippen LogP contribution in [0.15, 0.2) is 24.3 Å². The van der Waals surface area contributed by atoms with Crippen LogP contribution in [-0.4, -0.2) is 47.7 Å². The Morgan fingerprint density at radius 1 is 1.04 bits per heavy atom. The Kier molecular flexibility index (Phi) is 5.16. The van der Waals surface area contributed by atoms with Crippen LogP contribution in [0.25, 0.3) is 0 Å². The summed E-state index contributed by atoms with van der Waals surface area (Å²) in [5.74, 6) is 0.0368. The lowest BCUT2D eigenvalue weighted by Crippen LogP contribution is -2.48. The summed E-state index contributed by atoms with van der Waals surface area (Å²) in [5, 5.41) is 0. The van der Waals surface area contributed by atoms with E-state index in [2.05, 4.69) is 11.0 Å². The van der Waals surface area contributed by atoms with Gasteiger partial charge in [0.1, 0.15) is 0 Å². The van der Waals surface area contributed by atoms with E-state index >= 15 is 0 Å². The van der Waals surface area contributed by atoms with Gasteiger partial charge in [0.2, 0.25) is 0 Å². The van der Waals surface area contributed by atoms with E-state index in [1.165, 1.54) is 23.1 Å². The van der Waals surface area contributed by atoms with Crippen molar-refractivity contribution in [3.05, 3.63) is 43.2 Å². The van der Waals surface area contributed by atoms with E-state index in [1.807, 2.05) is 11.0 Å². The monoisotopic (exact) mass is 368 g/mol. The molecule has 4 nitrogen and oxygen atoms in total. The van der Waals surface area contributed by atoms with Crippen LogP contribution in [0, 0.1) is 0 Å². The molecule has 0 aromatic carbocycles. The average Bonchev–Trinajstić information content (AvgIpc) is 3.17. The summed E-state index contributed by atoms with van der Waals surface area (Å²) >= 11 is 8.84. The standard InChI is InChI=1S/C16H17ClN2O2S2/c1-11(20)13-3-4-14(23-13)16(21)19-8-6-18(7-9-19)10-12-2-5-15(17)22-12/h2-5H,6-10H2,1H3. The Morgan fingerprint density at radius 2 is 1.74 bits per heavy atom. The Balaban J connectivity index is 1.55. The predicted molar refractivity (Wildman–Crippen MR) is 94.8 cm³/mol. The molecule has 0 bridgehead atoms. The van der Waals surface area contributed by atoms with Gasteiger partial charge in [-0.15, -0.1) is 22.7 Å². The van der Waals surface area contributed by atoms with E-state index in [0.29, 0.717) is 22.8 Å². The summed E-state index contributed by atoms with van der Waals surface area (Å²) in [6.45, 7) is 5.54. The molecule has 0 N–H and O–H groups in total. The minimum absolute atomic E-state index is 0.00785. The molecule has 0 aliphatic carbocycles. The molecule has 122 valence electrons. The fourth-order valence-corrected chi connectivity index (χ4v) is 4.56. The summed E-state index contributed by atoms with van der Waals surface area (Å²) in [6.07, 6.45) is 0. The molecule has 7 heteroatoms. The van der Waals surface area contributed by atoms with Crippen molar-refractivity contribution in [1.29, 1.82) is 0 Å². The highest BCUT2D eigenvalue weighted by atomic mass is 35.5. The molecule has 23 heavy (non-hydrogen) atoms. The van der Waals surface area contributed by atoms with Crippen LogP contribution in [0.1, 0.15) is 31.1 Å². The van der Waals surface area contributed by atoms with Gasteiger partial charge in [-0.05, 0) is 31.2 Å². The van der Waals surface area contributed by atoms with Crippen LogP contribution in [0.3, 0.4) is 0 Å². The molecule has 0 spiro atoms. The topological polar surface area (TPSA) is 40.6 Å². The summed E-state index contributed by atoms with van der Waals surface area (Å²) in [6, 6.07) is 7.46. The van der Waals surface area contributed by atoms with Gasteiger partial charge in [0.25, 0.3) is 5.91 Å². The minimum atomic E-state index is 0.00785. The van der Waals surface area contributed by atoms with Crippen molar-refractivity contribution < 1.29 is 9.59 Å². The molecule has 1 fully saturated rings. The molecule has 0 radical (unpaired) electrons. The number of amides is 1. The largest absolute Gasteiger partial charge is 0.335 e. The first-order valence-electron chi connectivity index (χ1n) is 7.39. The molecule has 0 saturated carbocycles. The highest BCUT2D eigenvalue weighted by molar-refractivity contribution is 7.16. The first-order valence-corrected chi connectivity index (χ1v) is 9.40. The van der Waals surface area contributed by atoms with E-state index in [9.17, 15) is 9.59 Å². The van der Waals surface area contributed by atoms with Crippen molar-refractivity contribution in [2.45, 2.75) is 13.5 Å². The van der Waals surface area contributed by atoms with Gasteiger partial charge in [-0.3, -0.25) is 14.5 Å². The van der Waals surface area contributed by atoms with Crippen molar-refractivity contribution >= 4 is 46.0 Å². The van der Waals surface area contributed by atoms with Gasteiger partial charge in [0, 0.05) is 37.6 Å². The second-order valence-electron chi connectivity index (χ2n) is 5.49. The van der Waals surface area contributed by atoms with Gasteiger partial charge in [-0.1, -0.05) is 11.6 Å². The number of Topliss-reactive ketones (excluding diaryl/α,β-unsaturated/α-hetero) is 1. The SMILES string of the molecule is CC(=O)c1ccc(C(=O)N2CCN(Cc3ccc(Cl)s3)CC2)s1. The van der Waals surface area contributed by atoms with Crippen molar-refractivity contribution in [1.82, 2.24) is 9.80 Å². The molecule has 3 heterocycles. The minimum Gasteiger partial charge on any atom is -0.335 e. The normalized spacial score (nSPS) is 15.8. The Bertz CT molecular complexity index is 717. The van der Waals surface area contributed by atoms with Crippen LogP contribution in [0.4, 0.5) is 0 Å². The highest BCUT2D eigenvalue weighted by Crippen LogP contribution is 2.24. The highest BCUT2D eigenvalue weighted by Gasteiger charge is 2.23. The lowest BCUT2D eigenvalue weighted by Gasteiger charge is -2.34. The van der Waals surface area contributed by atoms with Gasteiger partial charge in [-0.25, -0.2) is 0 Å². The number of hydrogen-bond acceptors (Lipinski definition) is 5. The van der Waals surface area contributed by atoms with E-state index < -0.39 is 0 Å². The maximum absolute atomic E-state index is 12.5. The molecule has 1 aliphatic heterocycles. The lowest BCUT2D eigenvalue weighted by molar-refractivity contribution is 0.0634. The number of hydrogen-bond donors (Lipinski definition) is 0. The van der Waals surface area contributed by atoms with Crippen LogP contribution >= 0.6 is 34.3 Å². The molecular formula is C16H17ClN2O2S2. The van der Waals surface area contributed by atoms with E-state index in [4.69, 9.17) is 11.6 Å². The number of piperazine rings is 1. The van der Waals surface area contributed by atoms with Gasteiger partial charge < -0.3 is 4.90 Å². The molecule has 3 rings (SSSR count). The van der Waals surface area contributed by atoms with Gasteiger partial charge in [-0.2, -0.15) is 0 Å². The molecule has 0 unspecified atom stereocenters. The predicted octanol–water partition coefficient (Wildman–Crippen LogP) is 3.62. The number of nitrogens with zero attached hydrogens (tertiary/aromatic N) is 2. The summed E-state index contributed by atoms with van der Waals surface area (Å²) in [5.41, 5.74) is 0. The quantitative estimate of drug-likeness (QED) is 0.774. The van der Waals surface area contributed by atoms with Crippen molar-refractivity contribution in [2.75, 3.05) is 26.2 Å². The van der Waals surface area contributed by atoms with Crippen molar-refractivity contribution in [3.8, 4) is 0 Å². The fraction of sp³-hybridized carbons (Fsp3) is 0.375. The van der Waals surface area contributed by atoms with Crippen LogP contribution < -0.4 is 0 Å². The number of ketones is 1. The summed E-state index contributed by atoms with van der Waals surface area (Å²) in [7, 11) is 0. The second kappa shape index (κ2) is 7.13. The zero-order valence-corrected chi connectivity index (χ0v) is 15.1. The number of thiophene rings is 2. The molecule has 2 aromatic heterocycles. The van der Waals surface area contributed by atoms with Crippen LogP contribution in [0.5, 0.6) is 0 Å². The van der Waals surface area contributed by atoms with E-state index in [0.717, 1.165) is 24.0 Å². The second-order valence-corrected chi connectivity index (χ2v) is 8.38. The van der Waals surface area contributed by atoms with Crippen molar-refractivity contribution in [2.24, 2.45) is 0 Å². The summed E-state index contributed by atoms with van der Waals surface area (Å²) in [4.78, 5) is 30.6. The van der Waals surface area contributed by atoms with Crippen molar-refractivity contribution in [3.63, 3.8) is 0 Å². The zero-order valence-electron chi connectivity index (χ0n) is 12.8. The smallest absolute Gasteiger partial charge is 0.264 e. The molecule has 0 atom stereocenters. The van der Waals surface area contributed by atoms with Gasteiger partial charge in [0.05, 0.1) is 14.1 Å². The van der Waals surface area contributed by atoms with Gasteiger partial charge >= 0.3 is 0 Å². The molecule has 1 saturated heterocycles. The Labute approximate surface area is 148 Å². The molecule has 1 aliphatic rings. The molecule has 1 amide bonds. The third-order valence-electron chi connectivity index (χ3n) is 3.83. The Morgan fingerprint density at radius 3 is 2.30 bits per heavy atom. The van der Waals surface area contributed by atoms with E-state index in [-0.39, 0.29) is 11.7 Å². The number of carbonyl (C=O) groups excluding carboxylic acids is 2. The maximum atomic E-state index is 12.5. The number of halogens is 1. The Hall–Kier alpha value is -1.21. The molecule has 2 aromatic rings. The number of rotatable bonds is 4. The number of carbonyl (C=O) groups is 2. The summed E-state index contributed by atoms with van der Waals surface area (Å²) < 4.78 is 0.813. The van der Waals surface area contributed by atoms with E-state index in [1.54, 1.807) is 23.5 Å². The molecular weight excluding hydrogens is 352 g/mol. The average molecular weight is 369 g/mol. The van der Waals surface area contributed by atoms with Crippen LogP contribution in [-0.2, 0) is 6.54 Å². The first kappa shape index (κ1) is 16.6. The fourth-order valence-electron chi connectivity index (χ4n) is 2.56. The van der Waals surface area contributed by atoms with Gasteiger partial charge in [0.15, 0.2) is 5.78 Å². The lowest BCUT2D eigenvalue weighted by atomic mass is 10.2.